The van der Waals surface area contributed by atoms with Gasteiger partial charge in [-0.2, -0.15) is 0 Å². The molecule has 1 aromatic carbocycles. The summed E-state index contributed by atoms with van der Waals surface area (Å²) in [5.41, 5.74) is 2.49. The Bertz CT molecular complexity index is 422. The van der Waals surface area contributed by atoms with E-state index in [1.54, 1.807) is 6.07 Å². The molecule has 0 atom stereocenters. The second-order valence-corrected chi connectivity index (χ2v) is 4.65. The molecule has 3 heteroatoms. The predicted octanol–water partition coefficient (Wildman–Crippen LogP) is 2.75. The van der Waals surface area contributed by atoms with Crippen LogP contribution in [0.2, 0.25) is 0 Å². The molecule has 16 heavy (non-hydrogen) atoms. The average Bonchev–Trinajstić information content (AvgIpc) is 2.98. The first-order chi connectivity index (χ1) is 7.56. The van der Waals surface area contributed by atoms with Crippen molar-refractivity contribution in [1.29, 1.82) is 0 Å². The summed E-state index contributed by atoms with van der Waals surface area (Å²) in [6, 6.07) is 3.50. The number of benzene rings is 1. The summed E-state index contributed by atoms with van der Waals surface area (Å²) < 4.78 is 0. The Hall–Kier alpha value is -1.51. The maximum Gasteiger partial charge on any atom is 0.224 e. The monoisotopic (exact) mass is 219 g/mol. The van der Waals surface area contributed by atoms with Gasteiger partial charge >= 0.3 is 0 Å². The van der Waals surface area contributed by atoms with E-state index in [1.807, 2.05) is 19.9 Å². The van der Waals surface area contributed by atoms with Gasteiger partial charge in [-0.15, -0.1) is 0 Å². The van der Waals surface area contributed by atoms with Gasteiger partial charge in [-0.3, -0.25) is 4.79 Å². The van der Waals surface area contributed by atoms with E-state index in [4.69, 9.17) is 0 Å². The molecule has 3 nitrogen and oxygen atoms in total. The lowest BCUT2D eigenvalue weighted by atomic mass is 10.1. The van der Waals surface area contributed by atoms with Crippen LogP contribution in [0, 0.1) is 19.8 Å². The first kappa shape index (κ1) is 11.0. The number of carbonyl (C=O) groups is 1. The Morgan fingerprint density at radius 3 is 2.69 bits per heavy atom. The van der Waals surface area contributed by atoms with Crippen molar-refractivity contribution in [2.75, 3.05) is 5.32 Å². The van der Waals surface area contributed by atoms with Crippen molar-refractivity contribution in [3.63, 3.8) is 0 Å². The highest BCUT2D eigenvalue weighted by Crippen LogP contribution is 2.33. The summed E-state index contributed by atoms with van der Waals surface area (Å²) in [6.45, 7) is 3.71. The number of anilines is 1. The fraction of sp³-hybridized carbons (Fsp3) is 0.462. The molecule has 0 saturated heterocycles. The maximum atomic E-state index is 11.6. The van der Waals surface area contributed by atoms with Gasteiger partial charge in [0, 0.05) is 12.1 Å². The van der Waals surface area contributed by atoms with E-state index >= 15 is 0 Å². The summed E-state index contributed by atoms with van der Waals surface area (Å²) >= 11 is 0. The zero-order valence-electron chi connectivity index (χ0n) is 9.71. The quantitative estimate of drug-likeness (QED) is 0.768. The molecule has 2 N–H and O–H groups in total. The number of hydrogen-bond acceptors (Lipinski definition) is 2. The highest BCUT2D eigenvalue weighted by Gasteiger charge is 2.24. The Labute approximate surface area is 95.5 Å². The minimum atomic E-state index is 0.0793. The van der Waals surface area contributed by atoms with Gasteiger partial charge in [-0.05, 0) is 55.9 Å². The van der Waals surface area contributed by atoms with Crippen LogP contribution < -0.4 is 5.32 Å². The first-order valence-corrected chi connectivity index (χ1v) is 5.66. The minimum Gasteiger partial charge on any atom is -0.508 e. The third-order valence-electron chi connectivity index (χ3n) is 2.99. The van der Waals surface area contributed by atoms with Crippen LogP contribution in [0.3, 0.4) is 0 Å². The zero-order chi connectivity index (χ0) is 11.7. The van der Waals surface area contributed by atoms with E-state index in [-0.39, 0.29) is 11.7 Å². The first-order valence-electron chi connectivity index (χ1n) is 5.66. The highest BCUT2D eigenvalue weighted by atomic mass is 16.3. The number of phenolic OH excluding ortho intramolecular Hbond substituents is 1. The molecule has 0 aromatic heterocycles. The van der Waals surface area contributed by atoms with Crippen LogP contribution in [0.1, 0.15) is 30.4 Å². The summed E-state index contributed by atoms with van der Waals surface area (Å²) in [7, 11) is 0. The maximum absolute atomic E-state index is 11.6. The molecular formula is C13H17NO2. The number of hydrogen-bond donors (Lipinski definition) is 2. The molecule has 1 aliphatic rings. The van der Waals surface area contributed by atoms with Crippen molar-refractivity contribution in [2.45, 2.75) is 33.1 Å². The summed E-state index contributed by atoms with van der Waals surface area (Å²) in [6.07, 6.45) is 2.99. The number of aryl methyl sites for hydroxylation is 2. The zero-order valence-corrected chi connectivity index (χ0v) is 9.71. The molecule has 1 saturated carbocycles. The molecule has 0 heterocycles. The number of carbonyl (C=O) groups excluding carboxylic acids is 1. The van der Waals surface area contributed by atoms with E-state index in [0.29, 0.717) is 12.3 Å². The SMILES string of the molecule is Cc1cc(NC(=O)CC2CC2)c(C)cc1O. The molecule has 86 valence electrons. The fourth-order valence-corrected chi connectivity index (χ4v) is 1.72. The molecular weight excluding hydrogens is 202 g/mol. The lowest BCUT2D eigenvalue weighted by Crippen LogP contribution is -2.12. The third-order valence-corrected chi connectivity index (χ3v) is 2.99. The molecule has 0 spiro atoms. The van der Waals surface area contributed by atoms with Crippen molar-refractivity contribution in [1.82, 2.24) is 0 Å². The van der Waals surface area contributed by atoms with Gasteiger partial charge in [0.2, 0.25) is 5.91 Å². The minimum absolute atomic E-state index is 0.0793. The average molecular weight is 219 g/mol. The predicted molar refractivity (Wildman–Crippen MR) is 63.6 cm³/mol. The molecule has 0 aliphatic heterocycles. The van der Waals surface area contributed by atoms with E-state index in [1.165, 1.54) is 12.8 Å². The molecule has 2 rings (SSSR count). The van der Waals surface area contributed by atoms with Gasteiger partial charge in [-0.25, -0.2) is 0 Å². The van der Waals surface area contributed by atoms with Crippen LogP contribution in [0.4, 0.5) is 5.69 Å². The summed E-state index contributed by atoms with van der Waals surface area (Å²) in [5, 5.41) is 12.4. The van der Waals surface area contributed by atoms with E-state index in [2.05, 4.69) is 5.32 Å². The van der Waals surface area contributed by atoms with Crippen molar-refractivity contribution in [3.8, 4) is 5.75 Å². The number of aromatic hydroxyl groups is 1. The number of phenols is 1. The normalized spacial score (nSPS) is 14.9. The Morgan fingerprint density at radius 1 is 1.38 bits per heavy atom. The fourth-order valence-electron chi connectivity index (χ4n) is 1.72. The van der Waals surface area contributed by atoms with Crippen LogP contribution in [-0.4, -0.2) is 11.0 Å². The smallest absolute Gasteiger partial charge is 0.224 e. The van der Waals surface area contributed by atoms with Crippen LogP contribution in [0.25, 0.3) is 0 Å². The van der Waals surface area contributed by atoms with E-state index in [0.717, 1.165) is 16.8 Å². The largest absolute Gasteiger partial charge is 0.508 e. The molecule has 1 aromatic rings. The van der Waals surface area contributed by atoms with Crippen molar-refractivity contribution in [3.05, 3.63) is 23.3 Å². The second kappa shape index (κ2) is 4.16. The lowest BCUT2D eigenvalue weighted by Gasteiger charge is -2.10. The van der Waals surface area contributed by atoms with Gasteiger partial charge < -0.3 is 10.4 Å². The Balaban J connectivity index is 2.07. The number of nitrogens with one attached hydrogen (secondary N) is 1. The summed E-state index contributed by atoms with van der Waals surface area (Å²) in [4.78, 5) is 11.6. The molecule has 1 amide bonds. The molecule has 1 fully saturated rings. The van der Waals surface area contributed by atoms with Crippen molar-refractivity contribution >= 4 is 11.6 Å². The van der Waals surface area contributed by atoms with Crippen LogP contribution in [-0.2, 0) is 4.79 Å². The van der Waals surface area contributed by atoms with Gasteiger partial charge in [0.1, 0.15) is 5.75 Å². The topological polar surface area (TPSA) is 49.3 Å². The standard InChI is InChI=1S/C13H17NO2/c1-8-6-12(15)9(2)5-11(8)14-13(16)7-10-3-4-10/h5-6,10,15H,3-4,7H2,1-2H3,(H,14,16). The lowest BCUT2D eigenvalue weighted by molar-refractivity contribution is -0.116. The number of amides is 1. The second-order valence-electron chi connectivity index (χ2n) is 4.65. The van der Waals surface area contributed by atoms with Crippen molar-refractivity contribution < 1.29 is 9.90 Å². The van der Waals surface area contributed by atoms with Crippen LogP contribution in [0.15, 0.2) is 12.1 Å². The van der Waals surface area contributed by atoms with Crippen molar-refractivity contribution in [2.24, 2.45) is 5.92 Å². The highest BCUT2D eigenvalue weighted by molar-refractivity contribution is 5.92. The molecule has 0 radical (unpaired) electrons. The van der Waals surface area contributed by atoms with E-state index < -0.39 is 0 Å². The molecule has 1 aliphatic carbocycles. The van der Waals surface area contributed by atoms with Gasteiger partial charge in [0.25, 0.3) is 0 Å². The van der Waals surface area contributed by atoms with Gasteiger partial charge in [-0.1, -0.05) is 0 Å². The molecule has 0 unspecified atom stereocenters. The van der Waals surface area contributed by atoms with Gasteiger partial charge in [0.05, 0.1) is 0 Å². The summed E-state index contributed by atoms with van der Waals surface area (Å²) in [5.74, 6) is 0.951. The van der Waals surface area contributed by atoms with Crippen LogP contribution >= 0.6 is 0 Å². The number of rotatable bonds is 3. The Morgan fingerprint density at radius 2 is 2.06 bits per heavy atom. The van der Waals surface area contributed by atoms with E-state index in [9.17, 15) is 9.90 Å². The third kappa shape index (κ3) is 2.54. The Kier molecular flexibility index (Phi) is 2.86. The van der Waals surface area contributed by atoms with Crippen LogP contribution in [0.5, 0.6) is 5.75 Å². The van der Waals surface area contributed by atoms with Gasteiger partial charge in [0.15, 0.2) is 0 Å². The molecule has 0 bridgehead atoms.